The molecule has 0 aromatic heterocycles. The molecule has 2 aromatic carbocycles. The molecule has 0 aliphatic heterocycles. The van der Waals surface area contributed by atoms with Crippen LogP contribution in [-0.4, -0.2) is 23.9 Å². The summed E-state index contributed by atoms with van der Waals surface area (Å²) in [5, 5.41) is 18.7. The topological polar surface area (TPSA) is 103 Å². The molecule has 124 valence electrons. The predicted molar refractivity (Wildman–Crippen MR) is 98.9 cm³/mol. The van der Waals surface area contributed by atoms with Gasteiger partial charge < -0.3 is 11.1 Å². The number of rotatable bonds is 6. The van der Waals surface area contributed by atoms with Crippen molar-refractivity contribution < 1.29 is 4.79 Å². The third-order valence-electron chi connectivity index (χ3n) is 3.82. The standard InChI is InChI=1S/C19H22N4O/c1-3-11-23-19(24)18(22)17(21)15-10-6-9-14(16(15)20)13-8-5-4-7-12(13)2/h4-10,21-22H,3,11,20H2,1-2H3,(H,23,24). The van der Waals surface area contributed by atoms with Gasteiger partial charge in [0.1, 0.15) is 5.71 Å². The van der Waals surface area contributed by atoms with Gasteiger partial charge in [0, 0.05) is 23.4 Å². The van der Waals surface area contributed by atoms with Gasteiger partial charge in [-0.1, -0.05) is 49.4 Å². The van der Waals surface area contributed by atoms with E-state index in [9.17, 15) is 4.79 Å². The van der Waals surface area contributed by atoms with Crippen molar-refractivity contribution in [3.8, 4) is 11.1 Å². The number of anilines is 1. The lowest BCUT2D eigenvalue weighted by atomic mass is 9.94. The monoisotopic (exact) mass is 322 g/mol. The SMILES string of the molecule is CCCNC(=O)C(=N)C(=N)c1cccc(-c2ccccc2C)c1N. The molecule has 0 atom stereocenters. The second kappa shape index (κ2) is 7.55. The molecule has 0 radical (unpaired) electrons. The van der Waals surface area contributed by atoms with E-state index in [0.717, 1.165) is 23.1 Å². The van der Waals surface area contributed by atoms with Crippen molar-refractivity contribution in [2.75, 3.05) is 12.3 Å². The first-order valence-corrected chi connectivity index (χ1v) is 7.87. The van der Waals surface area contributed by atoms with Crippen molar-refractivity contribution in [2.45, 2.75) is 20.3 Å². The van der Waals surface area contributed by atoms with Crippen molar-refractivity contribution in [1.29, 1.82) is 10.8 Å². The van der Waals surface area contributed by atoms with E-state index in [1.165, 1.54) is 0 Å². The molecule has 5 N–H and O–H groups in total. The lowest BCUT2D eigenvalue weighted by Gasteiger charge is -2.14. The van der Waals surface area contributed by atoms with Crippen molar-refractivity contribution in [3.63, 3.8) is 0 Å². The molecule has 0 heterocycles. The fraction of sp³-hybridized carbons (Fsp3) is 0.211. The second-order valence-corrected chi connectivity index (χ2v) is 5.59. The Morgan fingerprint density at radius 3 is 2.42 bits per heavy atom. The number of para-hydroxylation sites is 1. The van der Waals surface area contributed by atoms with Gasteiger partial charge in [-0.05, 0) is 24.5 Å². The van der Waals surface area contributed by atoms with Crippen molar-refractivity contribution >= 4 is 23.0 Å². The number of carbonyl (C=O) groups is 1. The number of aryl methyl sites for hydroxylation is 1. The summed E-state index contributed by atoms with van der Waals surface area (Å²) in [4.78, 5) is 11.9. The summed E-state index contributed by atoms with van der Waals surface area (Å²) in [6, 6.07) is 13.2. The summed E-state index contributed by atoms with van der Waals surface area (Å²) in [6.45, 7) is 4.40. The molecule has 0 bridgehead atoms. The normalized spacial score (nSPS) is 10.2. The first-order valence-electron chi connectivity index (χ1n) is 7.87. The van der Waals surface area contributed by atoms with Crippen LogP contribution in [0.3, 0.4) is 0 Å². The summed E-state index contributed by atoms with van der Waals surface area (Å²) in [6.07, 6.45) is 0.775. The van der Waals surface area contributed by atoms with Crippen molar-refractivity contribution in [3.05, 3.63) is 53.6 Å². The van der Waals surface area contributed by atoms with Crippen LogP contribution in [0.2, 0.25) is 0 Å². The van der Waals surface area contributed by atoms with E-state index in [1.54, 1.807) is 12.1 Å². The van der Waals surface area contributed by atoms with Gasteiger partial charge in [-0.25, -0.2) is 0 Å². The number of nitrogens with two attached hydrogens (primary N) is 1. The Bertz CT molecular complexity index is 796. The van der Waals surface area contributed by atoms with E-state index in [1.807, 2.05) is 44.2 Å². The molecule has 0 spiro atoms. The highest BCUT2D eigenvalue weighted by atomic mass is 16.1. The van der Waals surface area contributed by atoms with Gasteiger partial charge in [0.05, 0.1) is 5.71 Å². The van der Waals surface area contributed by atoms with Gasteiger partial charge in [0.25, 0.3) is 5.91 Å². The van der Waals surface area contributed by atoms with Gasteiger partial charge in [0.15, 0.2) is 0 Å². The molecular weight excluding hydrogens is 300 g/mol. The Morgan fingerprint density at radius 2 is 1.75 bits per heavy atom. The van der Waals surface area contributed by atoms with Crippen LogP contribution in [-0.2, 0) is 4.79 Å². The lowest BCUT2D eigenvalue weighted by molar-refractivity contribution is -0.114. The van der Waals surface area contributed by atoms with E-state index in [2.05, 4.69) is 5.32 Å². The maximum atomic E-state index is 11.9. The average molecular weight is 322 g/mol. The molecule has 0 saturated carbocycles. The predicted octanol–water partition coefficient (Wildman–Crippen LogP) is 3.16. The molecule has 2 aromatic rings. The van der Waals surface area contributed by atoms with Gasteiger partial charge in [0.2, 0.25) is 0 Å². The molecule has 0 aliphatic carbocycles. The summed E-state index contributed by atoms with van der Waals surface area (Å²) >= 11 is 0. The molecule has 0 fully saturated rings. The van der Waals surface area contributed by atoms with E-state index < -0.39 is 5.91 Å². The Morgan fingerprint density at radius 1 is 1.08 bits per heavy atom. The summed E-state index contributed by atoms with van der Waals surface area (Å²) in [5.74, 6) is -0.553. The fourth-order valence-corrected chi connectivity index (χ4v) is 2.47. The zero-order chi connectivity index (χ0) is 17.7. The van der Waals surface area contributed by atoms with Crippen LogP contribution in [0.4, 0.5) is 5.69 Å². The van der Waals surface area contributed by atoms with Crippen molar-refractivity contribution in [2.24, 2.45) is 0 Å². The Labute approximate surface area is 141 Å². The second-order valence-electron chi connectivity index (χ2n) is 5.59. The summed E-state index contributed by atoms with van der Waals surface area (Å²) in [5.41, 5.74) is 9.36. The Hall–Kier alpha value is -2.95. The molecular formula is C19H22N4O. The molecule has 5 nitrogen and oxygen atoms in total. The van der Waals surface area contributed by atoms with Crippen molar-refractivity contribution in [1.82, 2.24) is 5.32 Å². The quantitative estimate of drug-likeness (QED) is 0.485. The molecule has 24 heavy (non-hydrogen) atoms. The van der Waals surface area contributed by atoms with E-state index in [0.29, 0.717) is 17.8 Å². The molecule has 5 heteroatoms. The molecule has 0 saturated heterocycles. The Kier molecular flexibility index (Phi) is 5.47. The number of nitrogen functional groups attached to an aromatic ring is 1. The highest BCUT2D eigenvalue weighted by Gasteiger charge is 2.19. The molecule has 2 rings (SSSR count). The third kappa shape index (κ3) is 3.51. The fourth-order valence-electron chi connectivity index (χ4n) is 2.47. The lowest BCUT2D eigenvalue weighted by Crippen LogP contribution is -2.36. The van der Waals surface area contributed by atoms with Gasteiger partial charge in [-0.15, -0.1) is 0 Å². The number of amides is 1. The zero-order valence-electron chi connectivity index (χ0n) is 13.9. The average Bonchev–Trinajstić information content (AvgIpc) is 2.59. The van der Waals surface area contributed by atoms with E-state index in [4.69, 9.17) is 16.6 Å². The first-order chi connectivity index (χ1) is 11.5. The summed E-state index contributed by atoms with van der Waals surface area (Å²) in [7, 11) is 0. The van der Waals surface area contributed by atoms with Crippen LogP contribution in [0.15, 0.2) is 42.5 Å². The number of nitrogens with one attached hydrogen (secondary N) is 3. The van der Waals surface area contributed by atoms with E-state index >= 15 is 0 Å². The van der Waals surface area contributed by atoms with Crippen LogP contribution >= 0.6 is 0 Å². The first kappa shape index (κ1) is 17.4. The smallest absolute Gasteiger partial charge is 0.271 e. The third-order valence-corrected chi connectivity index (χ3v) is 3.82. The minimum atomic E-state index is -0.553. The molecule has 0 aliphatic rings. The van der Waals surface area contributed by atoms with Crippen LogP contribution in [0.5, 0.6) is 0 Å². The molecule has 0 unspecified atom stereocenters. The van der Waals surface area contributed by atoms with Crippen LogP contribution in [0.1, 0.15) is 24.5 Å². The van der Waals surface area contributed by atoms with E-state index in [-0.39, 0.29) is 11.4 Å². The molecule has 1 amide bonds. The Balaban J connectivity index is 2.37. The maximum absolute atomic E-state index is 11.9. The van der Waals surface area contributed by atoms with Gasteiger partial charge in [-0.2, -0.15) is 0 Å². The van der Waals surface area contributed by atoms with Gasteiger partial charge >= 0.3 is 0 Å². The zero-order valence-corrected chi connectivity index (χ0v) is 13.9. The van der Waals surface area contributed by atoms with Gasteiger partial charge in [-0.3, -0.25) is 15.6 Å². The summed E-state index contributed by atoms with van der Waals surface area (Å²) < 4.78 is 0. The number of carbonyl (C=O) groups excluding carboxylic acids is 1. The number of hydrogen-bond acceptors (Lipinski definition) is 4. The van der Waals surface area contributed by atoms with Crippen LogP contribution in [0.25, 0.3) is 11.1 Å². The minimum Gasteiger partial charge on any atom is -0.398 e. The highest BCUT2D eigenvalue weighted by molar-refractivity contribution is 6.68. The minimum absolute atomic E-state index is 0.170. The highest BCUT2D eigenvalue weighted by Crippen LogP contribution is 2.31. The number of benzene rings is 2. The number of hydrogen-bond donors (Lipinski definition) is 4. The van der Waals surface area contributed by atoms with Crippen LogP contribution in [0, 0.1) is 17.7 Å². The van der Waals surface area contributed by atoms with Crippen LogP contribution < -0.4 is 11.1 Å². The largest absolute Gasteiger partial charge is 0.398 e. The maximum Gasteiger partial charge on any atom is 0.271 e.